The zero-order valence-corrected chi connectivity index (χ0v) is 20.2. The van der Waals surface area contributed by atoms with E-state index < -0.39 is 20.4 Å². The molecule has 2 aromatic rings. The monoisotopic (exact) mass is 530 g/mol. The first-order valence-electron chi connectivity index (χ1n) is 8.56. The Labute approximate surface area is 183 Å². The number of carbonyl (C=O) groups is 1. The molecule has 0 radical (unpaired) electrons. The van der Waals surface area contributed by atoms with Crippen molar-refractivity contribution in [3.8, 4) is 0 Å². The van der Waals surface area contributed by atoms with E-state index >= 15 is 0 Å². The highest BCUT2D eigenvalue weighted by atomic mass is 79.9. The average Bonchev–Trinajstić information content (AvgIpc) is 2.69. The summed E-state index contributed by atoms with van der Waals surface area (Å²) in [4.78, 5) is 12.0. The molecule has 2 amide bonds. The minimum absolute atomic E-state index is 0.473. The van der Waals surface area contributed by atoms with E-state index in [0.717, 1.165) is 20.1 Å². The molecule has 0 bridgehead atoms. The van der Waals surface area contributed by atoms with Crippen LogP contribution in [-0.4, -0.2) is 36.2 Å². The van der Waals surface area contributed by atoms with Gasteiger partial charge in [-0.15, -0.1) is 0 Å². The van der Waals surface area contributed by atoms with Crippen molar-refractivity contribution in [1.29, 1.82) is 0 Å². The Morgan fingerprint density at radius 1 is 0.929 bits per heavy atom. The van der Waals surface area contributed by atoms with Crippen molar-refractivity contribution in [2.24, 2.45) is 5.73 Å². The van der Waals surface area contributed by atoms with Crippen LogP contribution in [0, 0.1) is 0 Å². The van der Waals surface area contributed by atoms with Crippen molar-refractivity contribution in [3.05, 3.63) is 68.6 Å². The van der Waals surface area contributed by atoms with Gasteiger partial charge in [0, 0.05) is 36.3 Å². The number of amides is 2. The van der Waals surface area contributed by atoms with Gasteiger partial charge in [0.25, 0.3) is 0 Å². The van der Waals surface area contributed by atoms with Gasteiger partial charge in [-0.3, -0.25) is 0 Å². The zero-order chi connectivity index (χ0) is 20.8. The number of nitrogens with two attached hydrogens (primary N) is 1. The van der Waals surface area contributed by atoms with E-state index in [9.17, 15) is 4.79 Å². The molecule has 0 aromatic heterocycles. The van der Waals surface area contributed by atoms with Crippen LogP contribution in [-0.2, 0) is 18.8 Å². The third-order valence-corrected chi connectivity index (χ3v) is 8.54. The maximum Gasteiger partial charge on any atom is 0.500 e. The number of nitrogens with one attached hydrogen (secondary N) is 1. The van der Waals surface area contributed by atoms with Crippen LogP contribution in [0.2, 0.25) is 6.04 Å². The van der Waals surface area contributed by atoms with Gasteiger partial charge in [-0.2, -0.15) is 0 Å². The average molecular weight is 532 g/mol. The standard InChI is InChI=1S/C19H24Br2N2O4Si/c1-25-28(26-2,27-3)13-12-19(23-18(22)24,14-4-8-16(20)9-5-14)15-6-10-17(21)11-7-15/h4-11H,12-13H2,1-3H3,(H3,22,23,24). The summed E-state index contributed by atoms with van der Waals surface area (Å²) in [6.45, 7) is 0. The van der Waals surface area contributed by atoms with Gasteiger partial charge < -0.3 is 24.3 Å². The molecule has 0 unspecified atom stereocenters. The Hall–Kier alpha value is -1.23. The molecule has 6 nitrogen and oxygen atoms in total. The van der Waals surface area contributed by atoms with Crippen molar-refractivity contribution in [2.45, 2.75) is 18.0 Å². The lowest BCUT2D eigenvalue weighted by Gasteiger charge is -2.37. The topological polar surface area (TPSA) is 82.8 Å². The van der Waals surface area contributed by atoms with Crippen molar-refractivity contribution >= 4 is 46.7 Å². The molecule has 28 heavy (non-hydrogen) atoms. The molecule has 0 fully saturated rings. The molecule has 0 aliphatic heterocycles. The number of primary amides is 1. The van der Waals surface area contributed by atoms with Gasteiger partial charge in [-0.1, -0.05) is 56.1 Å². The number of urea groups is 1. The maximum atomic E-state index is 12.0. The van der Waals surface area contributed by atoms with Crippen molar-refractivity contribution < 1.29 is 18.1 Å². The third kappa shape index (κ3) is 5.22. The highest BCUT2D eigenvalue weighted by Gasteiger charge is 2.44. The van der Waals surface area contributed by atoms with Crippen LogP contribution in [0.25, 0.3) is 0 Å². The molecule has 0 saturated heterocycles. The summed E-state index contributed by atoms with van der Waals surface area (Å²) in [7, 11) is 1.84. The van der Waals surface area contributed by atoms with E-state index in [0.29, 0.717) is 12.5 Å². The molecule has 0 heterocycles. The Kier molecular flexibility index (Phi) is 8.23. The predicted octanol–water partition coefficient (Wildman–Crippen LogP) is 4.39. The second kappa shape index (κ2) is 9.99. The van der Waals surface area contributed by atoms with Crippen LogP contribution in [0.1, 0.15) is 17.5 Å². The fraction of sp³-hybridized carbons (Fsp3) is 0.316. The summed E-state index contributed by atoms with van der Waals surface area (Å²) in [6.07, 6.45) is 0.473. The van der Waals surface area contributed by atoms with Gasteiger partial charge in [0.1, 0.15) is 0 Å². The largest absolute Gasteiger partial charge is 0.500 e. The fourth-order valence-corrected chi connectivity index (χ4v) is 5.56. The number of hydrogen-bond acceptors (Lipinski definition) is 4. The number of rotatable bonds is 9. The highest BCUT2D eigenvalue weighted by molar-refractivity contribution is 9.10. The summed E-state index contributed by atoms with van der Waals surface area (Å²) in [5, 5.41) is 2.97. The molecule has 0 aliphatic carbocycles. The highest BCUT2D eigenvalue weighted by Crippen LogP contribution is 2.37. The smallest absolute Gasteiger partial charge is 0.377 e. The Balaban J connectivity index is 2.60. The molecule has 152 valence electrons. The third-order valence-electron chi connectivity index (χ3n) is 4.75. The minimum atomic E-state index is -2.88. The van der Waals surface area contributed by atoms with E-state index in [1.165, 1.54) is 0 Å². The minimum Gasteiger partial charge on any atom is -0.377 e. The fourth-order valence-electron chi connectivity index (χ4n) is 3.24. The number of carbonyl (C=O) groups excluding carboxylic acids is 1. The summed E-state index contributed by atoms with van der Waals surface area (Å²) in [5.74, 6) is 0. The van der Waals surface area contributed by atoms with Crippen LogP contribution < -0.4 is 11.1 Å². The Morgan fingerprint density at radius 2 is 1.32 bits per heavy atom. The molecule has 9 heteroatoms. The van der Waals surface area contributed by atoms with Crippen LogP contribution in [0.4, 0.5) is 4.79 Å². The summed E-state index contributed by atoms with van der Waals surface area (Å²) in [6, 6.07) is 15.4. The molecule has 2 aromatic carbocycles. The molecule has 3 N–H and O–H groups in total. The number of hydrogen-bond donors (Lipinski definition) is 2. The van der Waals surface area contributed by atoms with Crippen LogP contribution in [0.5, 0.6) is 0 Å². The predicted molar refractivity (Wildman–Crippen MR) is 118 cm³/mol. The lowest BCUT2D eigenvalue weighted by molar-refractivity contribution is 0.120. The van der Waals surface area contributed by atoms with E-state index in [1.54, 1.807) is 21.3 Å². The maximum absolute atomic E-state index is 12.0. The molecular formula is C19H24Br2N2O4Si. The van der Waals surface area contributed by atoms with Gasteiger partial charge >= 0.3 is 14.8 Å². The van der Waals surface area contributed by atoms with Crippen molar-refractivity contribution in [1.82, 2.24) is 5.32 Å². The van der Waals surface area contributed by atoms with Gasteiger partial charge in [0.2, 0.25) is 0 Å². The molecule has 0 aliphatic rings. The molecule has 0 saturated carbocycles. The van der Waals surface area contributed by atoms with Crippen LogP contribution in [0.15, 0.2) is 57.5 Å². The SMILES string of the molecule is CO[Si](CCC(NC(N)=O)(c1ccc(Br)cc1)c1ccc(Br)cc1)(OC)OC. The molecule has 0 spiro atoms. The van der Waals surface area contributed by atoms with E-state index in [-0.39, 0.29) is 0 Å². The van der Waals surface area contributed by atoms with E-state index in [4.69, 9.17) is 19.0 Å². The summed E-state index contributed by atoms with van der Waals surface area (Å²) < 4.78 is 18.6. The number of halogens is 2. The van der Waals surface area contributed by atoms with Gasteiger partial charge in [-0.25, -0.2) is 4.79 Å². The van der Waals surface area contributed by atoms with Gasteiger partial charge in [0.05, 0.1) is 5.54 Å². The van der Waals surface area contributed by atoms with Crippen LogP contribution >= 0.6 is 31.9 Å². The van der Waals surface area contributed by atoms with E-state index in [1.807, 2.05) is 48.5 Å². The second-order valence-electron chi connectivity index (χ2n) is 6.20. The lowest BCUT2D eigenvalue weighted by Crippen LogP contribution is -2.52. The van der Waals surface area contributed by atoms with Crippen LogP contribution in [0.3, 0.4) is 0 Å². The first-order chi connectivity index (χ1) is 13.3. The normalized spacial score (nSPS) is 12.0. The first-order valence-corrected chi connectivity index (χ1v) is 12.1. The Morgan fingerprint density at radius 3 is 1.64 bits per heavy atom. The van der Waals surface area contributed by atoms with Gasteiger partial charge in [0.15, 0.2) is 0 Å². The van der Waals surface area contributed by atoms with Crippen molar-refractivity contribution in [2.75, 3.05) is 21.3 Å². The van der Waals surface area contributed by atoms with Crippen molar-refractivity contribution in [3.63, 3.8) is 0 Å². The molecular weight excluding hydrogens is 508 g/mol. The number of benzene rings is 2. The zero-order valence-electron chi connectivity index (χ0n) is 16.0. The van der Waals surface area contributed by atoms with Gasteiger partial charge in [-0.05, 0) is 41.8 Å². The van der Waals surface area contributed by atoms with E-state index in [2.05, 4.69) is 37.2 Å². The second-order valence-corrected chi connectivity index (χ2v) is 11.1. The quantitative estimate of drug-likeness (QED) is 0.470. The first kappa shape index (κ1) is 23.0. The molecule has 0 atom stereocenters. The summed E-state index contributed by atoms with van der Waals surface area (Å²) >= 11 is 6.92. The Bertz CT molecular complexity index is 730. The summed E-state index contributed by atoms with van der Waals surface area (Å²) in [5.41, 5.74) is 6.51. The molecule has 2 rings (SSSR count). The lowest BCUT2D eigenvalue weighted by atomic mass is 9.80.